The molecule has 24 heavy (non-hydrogen) atoms. The molecule has 0 spiro atoms. The highest BCUT2D eigenvalue weighted by molar-refractivity contribution is 6.07. The number of carbonyl (C=O) groups excluding carboxylic acids is 2. The zero-order valence-electron chi connectivity index (χ0n) is 13.7. The van der Waals surface area contributed by atoms with Crippen LogP contribution in [0.25, 0.3) is 10.9 Å². The molecule has 3 heterocycles. The van der Waals surface area contributed by atoms with Crippen molar-refractivity contribution in [2.75, 3.05) is 42.5 Å². The summed E-state index contributed by atoms with van der Waals surface area (Å²) < 4.78 is 2.12. The van der Waals surface area contributed by atoms with Gasteiger partial charge in [-0.05, 0) is 18.2 Å². The van der Waals surface area contributed by atoms with E-state index in [-0.39, 0.29) is 11.9 Å². The zero-order valence-corrected chi connectivity index (χ0v) is 13.7. The molecule has 2 aromatic rings. The van der Waals surface area contributed by atoms with E-state index in [9.17, 15) is 9.59 Å². The molecular weight excluding hydrogens is 306 g/mol. The van der Waals surface area contributed by atoms with Crippen molar-refractivity contribution >= 4 is 34.2 Å². The van der Waals surface area contributed by atoms with Crippen LogP contribution >= 0.6 is 0 Å². The molecule has 2 aliphatic heterocycles. The molecule has 0 atom stereocenters. The number of rotatable bonds is 2. The molecule has 2 fully saturated rings. The summed E-state index contributed by atoms with van der Waals surface area (Å²) in [5.41, 5.74) is 3.17. The SMILES string of the molecule is Cn1cc(N2CCNCC2)c2cc(N3CCC(=O)NC3=O)ccc21. The van der Waals surface area contributed by atoms with Crippen LogP contribution in [0.15, 0.2) is 24.4 Å². The van der Waals surface area contributed by atoms with Gasteiger partial charge in [0.15, 0.2) is 0 Å². The molecule has 0 radical (unpaired) electrons. The number of hydrogen-bond donors (Lipinski definition) is 2. The smallest absolute Gasteiger partial charge is 0.328 e. The van der Waals surface area contributed by atoms with Crippen molar-refractivity contribution in [2.24, 2.45) is 7.05 Å². The van der Waals surface area contributed by atoms with Gasteiger partial charge in [0.05, 0.1) is 11.2 Å². The predicted octanol–water partition coefficient (Wildman–Crippen LogP) is 1.03. The van der Waals surface area contributed by atoms with Gasteiger partial charge in [0.1, 0.15) is 0 Å². The fourth-order valence-electron chi connectivity index (χ4n) is 3.50. The van der Waals surface area contributed by atoms with Crippen molar-refractivity contribution in [3.8, 4) is 0 Å². The average Bonchev–Trinajstić information content (AvgIpc) is 2.92. The lowest BCUT2D eigenvalue weighted by atomic mass is 10.1. The van der Waals surface area contributed by atoms with E-state index in [1.54, 1.807) is 4.90 Å². The van der Waals surface area contributed by atoms with Crippen molar-refractivity contribution in [1.29, 1.82) is 0 Å². The highest BCUT2D eigenvalue weighted by Gasteiger charge is 2.25. The largest absolute Gasteiger partial charge is 0.367 e. The van der Waals surface area contributed by atoms with Crippen LogP contribution < -0.4 is 20.4 Å². The lowest BCUT2D eigenvalue weighted by Crippen LogP contribution is -2.49. The quantitative estimate of drug-likeness (QED) is 0.864. The number of aromatic nitrogens is 1. The number of hydrogen-bond acceptors (Lipinski definition) is 4. The van der Waals surface area contributed by atoms with Crippen LogP contribution in [0.3, 0.4) is 0 Å². The summed E-state index contributed by atoms with van der Waals surface area (Å²) >= 11 is 0. The van der Waals surface area contributed by atoms with Crippen LogP contribution in [0.2, 0.25) is 0 Å². The summed E-state index contributed by atoms with van der Waals surface area (Å²) in [5.74, 6) is -0.210. The van der Waals surface area contributed by atoms with Crippen molar-refractivity contribution in [1.82, 2.24) is 15.2 Å². The molecule has 7 heteroatoms. The molecule has 2 N–H and O–H groups in total. The van der Waals surface area contributed by atoms with Gasteiger partial charge >= 0.3 is 6.03 Å². The van der Waals surface area contributed by atoms with E-state index in [0.717, 1.165) is 42.8 Å². The van der Waals surface area contributed by atoms with Crippen LogP contribution in [0, 0.1) is 0 Å². The minimum absolute atomic E-state index is 0.210. The Morgan fingerprint density at radius 1 is 1.08 bits per heavy atom. The number of carbonyl (C=O) groups is 2. The molecule has 1 aromatic carbocycles. The van der Waals surface area contributed by atoms with Gasteiger partial charge in [-0.25, -0.2) is 4.79 Å². The molecule has 126 valence electrons. The summed E-state index contributed by atoms with van der Waals surface area (Å²) in [6, 6.07) is 5.70. The fourth-order valence-corrected chi connectivity index (χ4v) is 3.50. The number of amides is 3. The van der Waals surface area contributed by atoms with Gasteiger partial charge in [0, 0.05) is 63.5 Å². The first-order valence-corrected chi connectivity index (χ1v) is 8.29. The van der Waals surface area contributed by atoms with Gasteiger partial charge in [-0.3, -0.25) is 15.0 Å². The number of nitrogens with one attached hydrogen (secondary N) is 2. The minimum Gasteiger partial charge on any atom is -0.367 e. The molecule has 1 aromatic heterocycles. The van der Waals surface area contributed by atoms with Crippen LogP contribution in [-0.2, 0) is 11.8 Å². The summed E-state index contributed by atoms with van der Waals surface area (Å²) in [6.07, 6.45) is 2.49. The molecule has 2 saturated heterocycles. The third kappa shape index (κ3) is 2.50. The Morgan fingerprint density at radius 3 is 2.62 bits per heavy atom. The van der Waals surface area contributed by atoms with E-state index < -0.39 is 0 Å². The Bertz CT molecular complexity index is 807. The number of fused-ring (bicyclic) bond motifs is 1. The third-order valence-electron chi connectivity index (χ3n) is 4.78. The van der Waals surface area contributed by atoms with Gasteiger partial charge in [0.2, 0.25) is 5.91 Å². The van der Waals surface area contributed by atoms with Gasteiger partial charge < -0.3 is 14.8 Å². The lowest BCUT2D eigenvalue weighted by molar-refractivity contribution is -0.120. The topological polar surface area (TPSA) is 69.6 Å². The molecule has 0 saturated carbocycles. The van der Waals surface area contributed by atoms with Crippen LogP contribution in [0.4, 0.5) is 16.2 Å². The van der Waals surface area contributed by atoms with Gasteiger partial charge in [-0.15, -0.1) is 0 Å². The average molecular weight is 327 g/mol. The van der Waals surface area contributed by atoms with E-state index in [1.165, 1.54) is 5.69 Å². The number of benzene rings is 1. The third-order valence-corrected chi connectivity index (χ3v) is 4.78. The van der Waals surface area contributed by atoms with Crippen LogP contribution in [-0.4, -0.2) is 49.2 Å². The molecular formula is C17H21N5O2. The Balaban J connectivity index is 1.73. The predicted molar refractivity (Wildman–Crippen MR) is 93.5 cm³/mol. The second-order valence-electron chi connectivity index (χ2n) is 6.32. The lowest BCUT2D eigenvalue weighted by Gasteiger charge is -2.29. The van der Waals surface area contributed by atoms with Crippen molar-refractivity contribution in [2.45, 2.75) is 6.42 Å². The highest BCUT2D eigenvalue weighted by Crippen LogP contribution is 2.32. The number of piperazine rings is 1. The van der Waals surface area contributed by atoms with Crippen LogP contribution in [0.1, 0.15) is 6.42 Å². The monoisotopic (exact) mass is 327 g/mol. The molecule has 0 aliphatic carbocycles. The fraction of sp³-hybridized carbons (Fsp3) is 0.412. The number of urea groups is 1. The maximum Gasteiger partial charge on any atom is 0.328 e. The Kier molecular flexibility index (Phi) is 3.65. The summed E-state index contributed by atoms with van der Waals surface area (Å²) in [5, 5.41) is 6.89. The van der Waals surface area contributed by atoms with Crippen molar-refractivity contribution < 1.29 is 9.59 Å². The molecule has 0 bridgehead atoms. The summed E-state index contributed by atoms with van der Waals surface area (Å²) in [4.78, 5) is 27.5. The maximum absolute atomic E-state index is 12.1. The molecule has 4 rings (SSSR count). The van der Waals surface area contributed by atoms with E-state index in [1.807, 2.05) is 19.2 Å². The van der Waals surface area contributed by atoms with E-state index in [2.05, 4.69) is 32.4 Å². The molecule has 7 nitrogen and oxygen atoms in total. The number of imide groups is 1. The normalized spacial score (nSPS) is 19.0. The molecule has 2 aliphatic rings. The van der Waals surface area contributed by atoms with E-state index in [4.69, 9.17) is 0 Å². The first kappa shape index (κ1) is 15.0. The first-order chi connectivity index (χ1) is 11.6. The maximum atomic E-state index is 12.1. The van der Waals surface area contributed by atoms with Gasteiger partial charge in [-0.1, -0.05) is 0 Å². The number of anilines is 2. The van der Waals surface area contributed by atoms with E-state index in [0.29, 0.717) is 13.0 Å². The second kappa shape index (κ2) is 5.83. The van der Waals surface area contributed by atoms with Gasteiger partial charge in [-0.2, -0.15) is 0 Å². The molecule has 0 unspecified atom stereocenters. The number of nitrogens with zero attached hydrogens (tertiary/aromatic N) is 3. The van der Waals surface area contributed by atoms with Crippen molar-refractivity contribution in [3.63, 3.8) is 0 Å². The Morgan fingerprint density at radius 2 is 1.88 bits per heavy atom. The first-order valence-electron chi connectivity index (χ1n) is 8.29. The van der Waals surface area contributed by atoms with Crippen LogP contribution in [0.5, 0.6) is 0 Å². The molecule has 3 amide bonds. The standard InChI is InChI=1S/C17H21N5O2/c1-20-11-15(21-8-5-18-6-9-21)13-10-12(2-3-14(13)20)22-7-4-16(23)19-17(22)24/h2-3,10-11,18H,4-9H2,1H3,(H,19,23,24). The second-order valence-corrected chi connectivity index (χ2v) is 6.32. The highest BCUT2D eigenvalue weighted by atomic mass is 16.2. The summed E-state index contributed by atoms with van der Waals surface area (Å²) in [6.45, 7) is 4.33. The Hall–Kier alpha value is -2.54. The zero-order chi connectivity index (χ0) is 16.7. The number of aryl methyl sites for hydroxylation is 1. The van der Waals surface area contributed by atoms with Crippen molar-refractivity contribution in [3.05, 3.63) is 24.4 Å². The van der Waals surface area contributed by atoms with E-state index >= 15 is 0 Å². The van der Waals surface area contributed by atoms with Gasteiger partial charge in [0.25, 0.3) is 0 Å². The summed E-state index contributed by atoms with van der Waals surface area (Å²) in [7, 11) is 2.04. The minimum atomic E-state index is -0.342. The Labute approximate surface area is 140 Å².